The molecule has 0 spiro atoms. The van der Waals surface area contributed by atoms with Crippen molar-refractivity contribution >= 4 is 45.3 Å². The quantitative estimate of drug-likeness (QED) is 0.283. The summed E-state index contributed by atoms with van der Waals surface area (Å²) in [6.07, 6.45) is 0. The second-order valence-electron chi connectivity index (χ2n) is 8.30. The van der Waals surface area contributed by atoms with Gasteiger partial charge in [0.05, 0.1) is 17.1 Å². The maximum atomic E-state index is 13.4. The van der Waals surface area contributed by atoms with Crippen molar-refractivity contribution in [1.29, 1.82) is 0 Å². The number of aryl methyl sites for hydroxylation is 1. The monoisotopic (exact) mass is 489 g/mol. The number of halogens is 1. The molecule has 35 heavy (non-hydrogen) atoms. The zero-order chi connectivity index (χ0) is 24.9. The van der Waals surface area contributed by atoms with Gasteiger partial charge in [-0.25, -0.2) is 14.8 Å². The minimum atomic E-state index is -1.21. The average Bonchev–Trinajstić information content (AvgIpc) is 3.26. The van der Waals surface area contributed by atoms with Gasteiger partial charge in [-0.3, -0.25) is 4.79 Å². The van der Waals surface area contributed by atoms with Gasteiger partial charge >= 0.3 is 5.97 Å². The Bertz CT molecular complexity index is 1660. The molecule has 0 radical (unpaired) electrons. The molecule has 2 N–H and O–H groups in total. The van der Waals surface area contributed by atoms with Crippen molar-refractivity contribution in [3.05, 3.63) is 86.3 Å². The molecular weight excluding hydrogens is 470 g/mol. The SMILES string of the molecule is Cc1cc(C(C)Nc2ccc(Cl)nc2C(=O)O)c2oc(-c3nc4ccccc4o3)c(C)c(=O)c2c1. The van der Waals surface area contributed by atoms with E-state index >= 15 is 0 Å². The Morgan fingerprint density at radius 3 is 2.60 bits per heavy atom. The number of nitrogens with zero attached hydrogens (tertiary/aromatic N) is 2. The first-order chi connectivity index (χ1) is 16.7. The van der Waals surface area contributed by atoms with Crippen LogP contribution in [0.15, 0.2) is 62.2 Å². The summed E-state index contributed by atoms with van der Waals surface area (Å²) in [5, 5.41) is 13.2. The van der Waals surface area contributed by atoms with Gasteiger partial charge in [0.2, 0.25) is 0 Å². The number of hydrogen-bond acceptors (Lipinski definition) is 7. The largest absolute Gasteiger partial charge is 0.476 e. The van der Waals surface area contributed by atoms with E-state index in [9.17, 15) is 14.7 Å². The van der Waals surface area contributed by atoms with Crippen molar-refractivity contribution in [3.63, 3.8) is 0 Å². The molecule has 2 aromatic carbocycles. The maximum absolute atomic E-state index is 13.4. The lowest BCUT2D eigenvalue weighted by molar-refractivity contribution is 0.0691. The normalized spacial score (nSPS) is 12.2. The van der Waals surface area contributed by atoms with Crippen LogP contribution in [0, 0.1) is 13.8 Å². The summed E-state index contributed by atoms with van der Waals surface area (Å²) < 4.78 is 12.1. The van der Waals surface area contributed by atoms with E-state index in [-0.39, 0.29) is 33.6 Å². The Morgan fingerprint density at radius 2 is 1.86 bits per heavy atom. The molecule has 8 nitrogen and oxygen atoms in total. The van der Waals surface area contributed by atoms with E-state index in [1.807, 2.05) is 38.1 Å². The summed E-state index contributed by atoms with van der Waals surface area (Å²) in [5.41, 5.74) is 3.40. The van der Waals surface area contributed by atoms with Gasteiger partial charge in [0.15, 0.2) is 22.5 Å². The van der Waals surface area contributed by atoms with Gasteiger partial charge in [-0.2, -0.15) is 0 Å². The van der Waals surface area contributed by atoms with Crippen molar-refractivity contribution in [2.45, 2.75) is 26.8 Å². The minimum absolute atomic E-state index is 0.0751. The van der Waals surface area contributed by atoms with Crippen LogP contribution in [0.5, 0.6) is 0 Å². The van der Waals surface area contributed by atoms with Crippen molar-refractivity contribution in [1.82, 2.24) is 9.97 Å². The van der Waals surface area contributed by atoms with E-state index in [1.54, 1.807) is 25.1 Å². The summed E-state index contributed by atoms with van der Waals surface area (Å²) in [4.78, 5) is 33.4. The highest BCUT2D eigenvalue weighted by Crippen LogP contribution is 2.33. The van der Waals surface area contributed by atoms with Gasteiger partial charge in [-0.05, 0) is 56.7 Å². The number of anilines is 1. The fraction of sp³-hybridized carbons (Fsp3) is 0.154. The number of carbonyl (C=O) groups is 1. The Labute approximate surface area is 204 Å². The van der Waals surface area contributed by atoms with Crippen molar-refractivity contribution < 1.29 is 18.7 Å². The molecule has 0 saturated carbocycles. The lowest BCUT2D eigenvalue weighted by atomic mass is 9.99. The highest BCUT2D eigenvalue weighted by atomic mass is 35.5. The Hall–Kier alpha value is -4.17. The number of aromatic nitrogens is 2. The number of para-hydroxylation sites is 2. The second-order valence-corrected chi connectivity index (χ2v) is 8.69. The molecule has 5 rings (SSSR count). The molecule has 1 atom stereocenters. The van der Waals surface area contributed by atoms with E-state index < -0.39 is 12.0 Å². The van der Waals surface area contributed by atoms with Gasteiger partial charge in [-0.1, -0.05) is 29.8 Å². The predicted octanol–water partition coefficient (Wildman–Crippen LogP) is 6.14. The van der Waals surface area contributed by atoms with Gasteiger partial charge in [0.1, 0.15) is 16.3 Å². The molecule has 0 amide bonds. The first-order valence-corrected chi connectivity index (χ1v) is 11.2. The molecule has 0 aliphatic heterocycles. The Balaban J connectivity index is 1.67. The van der Waals surface area contributed by atoms with E-state index in [1.165, 1.54) is 6.07 Å². The molecule has 3 heterocycles. The molecule has 0 aliphatic carbocycles. The number of carboxylic acids is 1. The van der Waals surface area contributed by atoms with Gasteiger partial charge in [-0.15, -0.1) is 0 Å². The van der Waals surface area contributed by atoms with Gasteiger partial charge in [0.25, 0.3) is 5.89 Å². The number of aromatic carboxylic acids is 1. The molecule has 176 valence electrons. The maximum Gasteiger partial charge on any atom is 0.356 e. The van der Waals surface area contributed by atoms with E-state index in [2.05, 4.69) is 15.3 Å². The van der Waals surface area contributed by atoms with Crippen molar-refractivity contribution in [2.75, 3.05) is 5.32 Å². The number of carboxylic acid groups (broad SMARTS) is 1. The molecule has 1 unspecified atom stereocenters. The van der Waals surface area contributed by atoms with Crippen LogP contribution in [0.4, 0.5) is 5.69 Å². The Morgan fingerprint density at radius 1 is 1.09 bits per heavy atom. The van der Waals surface area contributed by atoms with Crippen LogP contribution in [0.25, 0.3) is 33.7 Å². The molecule has 0 fully saturated rings. The predicted molar refractivity (Wildman–Crippen MR) is 133 cm³/mol. The van der Waals surface area contributed by atoms with E-state index in [0.29, 0.717) is 33.2 Å². The number of pyridine rings is 1. The number of fused-ring (bicyclic) bond motifs is 2. The Kier molecular flexibility index (Phi) is 5.53. The molecule has 0 saturated heterocycles. The lowest BCUT2D eigenvalue weighted by Crippen LogP contribution is -2.14. The third-order valence-electron chi connectivity index (χ3n) is 5.78. The standard InChI is InChI=1S/C26H20ClN3O5/c1-12-10-15(14(3)28-18-8-9-20(27)30-21(18)26(32)33)24-16(11-12)22(31)13(2)23(35-24)25-29-17-6-4-5-7-19(17)34-25/h4-11,14,28H,1-3H3,(H,32,33). The van der Waals surface area contributed by atoms with Crippen molar-refractivity contribution in [2.24, 2.45) is 0 Å². The number of oxazole rings is 1. The number of nitrogens with one attached hydrogen (secondary N) is 1. The fourth-order valence-electron chi connectivity index (χ4n) is 4.09. The summed E-state index contributed by atoms with van der Waals surface area (Å²) in [6, 6.07) is 13.6. The van der Waals surface area contributed by atoms with Crippen molar-refractivity contribution in [3.8, 4) is 11.7 Å². The lowest BCUT2D eigenvalue weighted by Gasteiger charge is -2.19. The highest BCUT2D eigenvalue weighted by Gasteiger charge is 2.23. The fourth-order valence-corrected chi connectivity index (χ4v) is 4.24. The molecule has 3 aromatic heterocycles. The number of rotatable bonds is 5. The summed E-state index contributed by atoms with van der Waals surface area (Å²) in [5.74, 6) is -0.753. The zero-order valence-corrected chi connectivity index (χ0v) is 19.8. The third kappa shape index (κ3) is 4.02. The molecule has 9 heteroatoms. The van der Waals surface area contributed by atoms with Crippen LogP contribution in [-0.4, -0.2) is 21.0 Å². The topological polar surface area (TPSA) is 118 Å². The minimum Gasteiger partial charge on any atom is -0.476 e. The smallest absolute Gasteiger partial charge is 0.356 e. The summed E-state index contributed by atoms with van der Waals surface area (Å²) in [7, 11) is 0. The molecule has 5 aromatic rings. The number of hydrogen-bond donors (Lipinski definition) is 2. The van der Waals surface area contributed by atoms with Crippen LogP contribution in [0.3, 0.4) is 0 Å². The summed E-state index contributed by atoms with van der Waals surface area (Å²) in [6.45, 7) is 5.40. The molecular formula is C26H20ClN3O5. The second kappa shape index (κ2) is 8.56. The van der Waals surface area contributed by atoms with Crippen LogP contribution < -0.4 is 10.7 Å². The highest BCUT2D eigenvalue weighted by molar-refractivity contribution is 6.29. The first-order valence-electron chi connectivity index (χ1n) is 10.8. The molecule has 0 aliphatic rings. The number of benzene rings is 2. The zero-order valence-electron chi connectivity index (χ0n) is 19.0. The van der Waals surface area contributed by atoms with Gasteiger partial charge in [0, 0.05) is 11.1 Å². The molecule has 0 bridgehead atoms. The summed E-state index contributed by atoms with van der Waals surface area (Å²) >= 11 is 5.88. The van der Waals surface area contributed by atoms with E-state index in [0.717, 1.165) is 5.56 Å². The van der Waals surface area contributed by atoms with Crippen LogP contribution in [-0.2, 0) is 0 Å². The third-order valence-corrected chi connectivity index (χ3v) is 5.99. The first kappa shape index (κ1) is 22.6. The van der Waals surface area contributed by atoms with Crippen LogP contribution >= 0.6 is 11.6 Å². The van der Waals surface area contributed by atoms with Crippen LogP contribution in [0.2, 0.25) is 5.15 Å². The van der Waals surface area contributed by atoms with Crippen LogP contribution in [0.1, 0.15) is 40.1 Å². The van der Waals surface area contributed by atoms with Gasteiger partial charge < -0.3 is 19.3 Å². The van der Waals surface area contributed by atoms with E-state index in [4.69, 9.17) is 20.4 Å². The average molecular weight is 490 g/mol.